The van der Waals surface area contributed by atoms with Crippen molar-refractivity contribution in [2.24, 2.45) is 0 Å². The summed E-state index contributed by atoms with van der Waals surface area (Å²) in [5.41, 5.74) is 0.115. The molecule has 0 aliphatic carbocycles. The number of aromatic carboxylic acids is 1. The Balaban J connectivity index is 2.53. The molecule has 1 rings (SSSR count). The Labute approximate surface area is 100 Å². The molecule has 17 heavy (non-hydrogen) atoms. The number of carbonyl (C=O) groups is 2. The number of carboxylic acids is 1. The monoisotopic (exact) mass is 236 g/mol. The second kappa shape index (κ2) is 6.68. The van der Waals surface area contributed by atoms with Gasteiger partial charge in [-0.2, -0.15) is 0 Å². The zero-order valence-electron chi connectivity index (χ0n) is 9.81. The van der Waals surface area contributed by atoms with E-state index in [0.717, 1.165) is 19.3 Å². The lowest BCUT2D eigenvalue weighted by Gasteiger charge is -2.04. The van der Waals surface area contributed by atoms with Gasteiger partial charge >= 0.3 is 11.9 Å². The van der Waals surface area contributed by atoms with E-state index < -0.39 is 5.97 Å². The number of benzene rings is 1. The first kappa shape index (κ1) is 13.2. The van der Waals surface area contributed by atoms with E-state index in [1.54, 1.807) is 12.1 Å². The van der Waals surface area contributed by atoms with Gasteiger partial charge < -0.3 is 9.84 Å². The van der Waals surface area contributed by atoms with Crippen LogP contribution in [0.25, 0.3) is 0 Å². The molecule has 0 amide bonds. The van der Waals surface area contributed by atoms with Gasteiger partial charge in [-0.1, -0.05) is 25.8 Å². The fraction of sp³-hybridized carbons (Fsp3) is 0.385. The van der Waals surface area contributed by atoms with Gasteiger partial charge in [-0.15, -0.1) is 0 Å². The molecule has 0 aliphatic rings. The number of esters is 1. The maximum absolute atomic E-state index is 11.4. The van der Waals surface area contributed by atoms with Gasteiger partial charge in [0.1, 0.15) is 5.75 Å². The van der Waals surface area contributed by atoms with Crippen molar-refractivity contribution in [2.75, 3.05) is 0 Å². The van der Waals surface area contributed by atoms with Gasteiger partial charge in [0.05, 0.1) is 5.56 Å². The normalized spacial score (nSPS) is 9.94. The number of unbranched alkanes of at least 4 members (excludes halogenated alkanes) is 2. The van der Waals surface area contributed by atoms with Gasteiger partial charge in [0.15, 0.2) is 0 Å². The number of carbonyl (C=O) groups excluding carboxylic acids is 1. The highest BCUT2D eigenvalue weighted by Crippen LogP contribution is 2.14. The van der Waals surface area contributed by atoms with E-state index in [1.807, 2.05) is 0 Å². The lowest BCUT2D eigenvalue weighted by molar-refractivity contribution is -0.134. The maximum atomic E-state index is 11.4. The summed E-state index contributed by atoms with van der Waals surface area (Å²) in [7, 11) is 0. The van der Waals surface area contributed by atoms with E-state index >= 15 is 0 Å². The van der Waals surface area contributed by atoms with Crippen LogP contribution in [0.3, 0.4) is 0 Å². The van der Waals surface area contributed by atoms with E-state index in [2.05, 4.69) is 6.92 Å². The molecule has 0 unspecified atom stereocenters. The Morgan fingerprint density at radius 1 is 1.29 bits per heavy atom. The van der Waals surface area contributed by atoms with Crippen molar-refractivity contribution in [2.45, 2.75) is 32.6 Å². The highest BCUT2D eigenvalue weighted by Gasteiger charge is 2.07. The smallest absolute Gasteiger partial charge is 0.335 e. The average molecular weight is 236 g/mol. The van der Waals surface area contributed by atoms with Crippen molar-refractivity contribution in [3.8, 4) is 5.75 Å². The quantitative estimate of drug-likeness (QED) is 0.468. The molecule has 0 saturated heterocycles. The molecule has 0 aliphatic heterocycles. The van der Waals surface area contributed by atoms with Crippen LogP contribution in [-0.4, -0.2) is 17.0 Å². The molecule has 0 atom stereocenters. The minimum atomic E-state index is -1.03. The van der Waals surface area contributed by atoms with Crippen LogP contribution in [0.15, 0.2) is 24.3 Å². The third-order valence-electron chi connectivity index (χ3n) is 2.30. The van der Waals surface area contributed by atoms with Crippen LogP contribution in [0.2, 0.25) is 0 Å². The second-order valence-corrected chi connectivity index (χ2v) is 3.76. The third kappa shape index (κ3) is 4.68. The minimum Gasteiger partial charge on any atom is -0.478 e. The van der Waals surface area contributed by atoms with Crippen LogP contribution in [-0.2, 0) is 4.79 Å². The SMILES string of the molecule is CCCCCC(=O)Oc1cccc(C(=O)O)c1. The number of hydrogen-bond donors (Lipinski definition) is 1. The maximum Gasteiger partial charge on any atom is 0.335 e. The summed E-state index contributed by atoms with van der Waals surface area (Å²) in [5, 5.41) is 8.78. The van der Waals surface area contributed by atoms with Crippen molar-refractivity contribution >= 4 is 11.9 Å². The molecule has 1 aromatic carbocycles. The van der Waals surface area contributed by atoms with Crippen molar-refractivity contribution in [1.29, 1.82) is 0 Å². The molecule has 0 radical (unpaired) electrons. The van der Waals surface area contributed by atoms with E-state index in [0.29, 0.717) is 6.42 Å². The molecule has 1 N–H and O–H groups in total. The highest BCUT2D eigenvalue weighted by atomic mass is 16.5. The van der Waals surface area contributed by atoms with Crippen LogP contribution in [0, 0.1) is 0 Å². The standard InChI is InChI=1S/C13H16O4/c1-2-3-4-8-12(14)17-11-7-5-6-10(9-11)13(15)16/h5-7,9H,2-4,8H2,1H3,(H,15,16). The molecule has 0 saturated carbocycles. The molecule has 1 aromatic rings. The third-order valence-corrected chi connectivity index (χ3v) is 2.30. The molecule has 0 bridgehead atoms. The summed E-state index contributed by atoms with van der Waals surface area (Å²) in [5.74, 6) is -1.07. The minimum absolute atomic E-state index is 0.115. The summed E-state index contributed by atoms with van der Waals surface area (Å²) in [6.07, 6.45) is 3.20. The van der Waals surface area contributed by atoms with Gasteiger partial charge in [-0.3, -0.25) is 4.79 Å². The Morgan fingerprint density at radius 3 is 2.71 bits per heavy atom. The Kier molecular flexibility index (Phi) is 5.20. The summed E-state index contributed by atoms with van der Waals surface area (Å²) < 4.78 is 5.05. The van der Waals surface area contributed by atoms with Gasteiger partial charge in [0.25, 0.3) is 0 Å². The lowest BCUT2D eigenvalue weighted by Crippen LogP contribution is -2.08. The highest BCUT2D eigenvalue weighted by molar-refractivity contribution is 5.88. The first-order valence-electron chi connectivity index (χ1n) is 5.67. The van der Waals surface area contributed by atoms with E-state index in [1.165, 1.54) is 12.1 Å². The summed E-state index contributed by atoms with van der Waals surface area (Å²) in [6, 6.07) is 5.93. The number of rotatable bonds is 6. The fourth-order valence-corrected chi connectivity index (χ4v) is 1.39. The van der Waals surface area contributed by atoms with E-state index in [-0.39, 0.29) is 17.3 Å². The first-order chi connectivity index (χ1) is 8.13. The molecule has 0 aromatic heterocycles. The number of hydrogen-bond acceptors (Lipinski definition) is 3. The Morgan fingerprint density at radius 2 is 2.06 bits per heavy atom. The van der Waals surface area contributed by atoms with Crippen LogP contribution < -0.4 is 4.74 Å². The zero-order valence-corrected chi connectivity index (χ0v) is 9.81. The number of carboxylic acid groups (broad SMARTS) is 1. The topological polar surface area (TPSA) is 63.6 Å². The fourth-order valence-electron chi connectivity index (χ4n) is 1.39. The number of ether oxygens (including phenoxy) is 1. The Hall–Kier alpha value is -1.84. The molecule has 0 heterocycles. The van der Waals surface area contributed by atoms with Crippen molar-refractivity contribution in [1.82, 2.24) is 0 Å². The zero-order chi connectivity index (χ0) is 12.7. The molecule has 4 heteroatoms. The van der Waals surface area contributed by atoms with E-state index in [4.69, 9.17) is 9.84 Å². The van der Waals surface area contributed by atoms with Crippen LogP contribution in [0.1, 0.15) is 43.0 Å². The molecule has 92 valence electrons. The van der Waals surface area contributed by atoms with Crippen molar-refractivity contribution in [3.63, 3.8) is 0 Å². The first-order valence-corrected chi connectivity index (χ1v) is 5.67. The summed E-state index contributed by atoms with van der Waals surface area (Å²) >= 11 is 0. The van der Waals surface area contributed by atoms with E-state index in [9.17, 15) is 9.59 Å². The molecule has 4 nitrogen and oxygen atoms in total. The molecule has 0 fully saturated rings. The van der Waals surface area contributed by atoms with Crippen LogP contribution in [0.4, 0.5) is 0 Å². The lowest BCUT2D eigenvalue weighted by atomic mass is 10.2. The molecular weight excluding hydrogens is 220 g/mol. The summed E-state index contributed by atoms with van der Waals surface area (Å²) in [4.78, 5) is 22.1. The van der Waals surface area contributed by atoms with Crippen molar-refractivity contribution in [3.05, 3.63) is 29.8 Å². The van der Waals surface area contributed by atoms with Crippen LogP contribution in [0.5, 0.6) is 5.75 Å². The Bertz CT molecular complexity index is 398. The summed E-state index contributed by atoms with van der Waals surface area (Å²) in [6.45, 7) is 2.06. The van der Waals surface area contributed by atoms with Gasteiger partial charge in [-0.25, -0.2) is 4.79 Å². The molecule has 0 spiro atoms. The second-order valence-electron chi connectivity index (χ2n) is 3.76. The van der Waals surface area contributed by atoms with Crippen LogP contribution >= 0.6 is 0 Å². The largest absolute Gasteiger partial charge is 0.478 e. The van der Waals surface area contributed by atoms with Gasteiger partial charge in [0.2, 0.25) is 0 Å². The van der Waals surface area contributed by atoms with Gasteiger partial charge in [0, 0.05) is 6.42 Å². The predicted molar refractivity (Wildman–Crippen MR) is 63.2 cm³/mol. The predicted octanol–water partition coefficient (Wildman–Crippen LogP) is 2.87. The van der Waals surface area contributed by atoms with Gasteiger partial charge in [-0.05, 0) is 24.6 Å². The molecular formula is C13H16O4. The van der Waals surface area contributed by atoms with Crippen molar-refractivity contribution < 1.29 is 19.4 Å². The average Bonchev–Trinajstić information content (AvgIpc) is 2.29.